The number of nitrogens with one attached hydrogen (secondary N) is 1. The van der Waals surface area contributed by atoms with Gasteiger partial charge in [-0.05, 0) is 54.6 Å². The summed E-state index contributed by atoms with van der Waals surface area (Å²) in [7, 11) is -3.46. The van der Waals surface area contributed by atoms with Crippen molar-refractivity contribution in [3.63, 3.8) is 0 Å². The van der Waals surface area contributed by atoms with Crippen LogP contribution in [0.3, 0.4) is 0 Å². The van der Waals surface area contributed by atoms with Gasteiger partial charge in [-0.25, -0.2) is 18.1 Å². The van der Waals surface area contributed by atoms with Crippen LogP contribution in [0.4, 0.5) is 5.69 Å². The molecule has 2 heterocycles. The van der Waals surface area contributed by atoms with Crippen LogP contribution in [-0.4, -0.2) is 34.0 Å². The van der Waals surface area contributed by atoms with Crippen molar-refractivity contribution in [3.05, 3.63) is 98.8 Å². The Kier molecular flexibility index (Phi) is 5.96. The molecule has 5 rings (SSSR count). The summed E-state index contributed by atoms with van der Waals surface area (Å²) in [6.07, 6.45) is 2.54. The third-order valence-corrected chi connectivity index (χ3v) is 6.57. The molecule has 0 aliphatic heterocycles. The Hall–Kier alpha value is -3.47. The number of nitrogens with zero attached hydrogens (tertiary/aromatic N) is 4. The molecule has 8 nitrogen and oxygen atoms in total. The van der Waals surface area contributed by atoms with Gasteiger partial charge >= 0.3 is 0 Å². The second-order valence-corrected chi connectivity index (χ2v) is 10.9. The van der Waals surface area contributed by atoms with Crippen molar-refractivity contribution in [3.8, 4) is 22.8 Å². The first kappa shape index (κ1) is 23.3. The van der Waals surface area contributed by atoms with Crippen molar-refractivity contribution in [2.75, 3.05) is 11.0 Å². The monoisotopic (exact) mass is 569 g/mol. The van der Waals surface area contributed by atoms with Crippen LogP contribution < -0.4 is 10.3 Å². The number of hydrogen-bond acceptors (Lipinski definition) is 5. The van der Waals surface area contributed by atoms with Gasteiger partial charge in [0.2, 0.25) is 10.0 Å². The molecule has 11 heteroatoms. The van der Waals surface area contributed by atoms with E-state index in [9.17, 15) is 13.2 Å². The van der Waals surface area contributed by atoms with E-state index in [0.717, 1.165) is 16.3 Å². The molecule has 0 amide bonds. The van der Waals surface area contributed by atoms with E-state index in [0.29, 0.717) is 38.9 Å². The topological polar surface area (TPSA) is 98.9 Å². The largest absolute Gasteiger partial charge is 0.284 e. The standard InChI is InChI=1S/C24H17BrClN5O3S/c1-35(33,34)29-18-3-2-4-20(13-18)31-23-21(14-27-31)24(32)30(19-11-9-17(26)10-12-19)22(28-23)15-5-7-16(25)8-6-15/h2-14,29H,1H3. The Morgan fingerprint density at radius 1 is 0.971 bits per heavy atom. The first-order valence-corrected chi connectivity index (χ1v) is 13.4. The predicted molar refractivity (Wildman–Crippen MR) is 141 cm³/mol. The molecule has 0 atom stereocenters. The Morgan fingerprint density at radius 3 is 2.37 bits per heavy atom. The number of sulfonamides is 1. The Morgan fingerprint density at radius 2 is 1.69 bits per heavy atom. The van der Waals surface area contributed by atoms with Gasteiger partial charge in [-0.15, -0.1) is 0 Å². The lowest BCUT2D eigenvalue weighted by molar-refractivity contribution is 0.607. The van der Waals surface area contributed by atoms with E-state index in [4.69, 9.17) is 16.6 Å². The van der Waals surface area contributed by atoms with Crippen molar-refractivity contribution in [2.24, 2.45) is 0 Å². The zero-order valence-electron chi connectivity index (χ0n) is 18.2. The molecule has 0 saturated carbocycles. The molecular formula is C24H17BrClN5O3S. The van der Waals surface area contributed by atoms with Crippen LogP contribution in [0.5, 0.6) is 0 Å². The third-order valence-electron chi connectivity index (χ3n) is 5.18. The van der Waals surface area contributed by atoms with E-state index in [-0.39, 0.29) is 5.56 Å². The molecule has 1 N–H and O–H groups in total. The van der Waals surface area contributed by atoms with E-state index in [1.807, 2.05) is 24.3 Å². The van der Waals surface area contributed by atoms with E-state index < -0.39 is 10.0 Å². The van der Waals surface area contributed by atoms with Gasteiger partial charge in [0.25, 0.3) is 5.56 Å². The molecule has 0 aliphatic carbocycles. The summed E-state index contributed by atoms with van der Waals surface area (Å²) in [5.41, 5.74) is 2.30. The highest BCUT2D eigenvalue weighted by molar-refractivity contribution is 9.10. The number of fused-ring (bicyclic) bond motifs is 1. The minimum Gasteiger partial charge on any atom is -0.284 e. The summed E-state index contributed by atoms with van der Waals surface area (Å²) >= 11 is 9.51. The summed E-state index contributed by atoms with van der Waals surface area (Å²) in [6, 6.07) is 21.1. The summed E-state index contributed by atoms with van der Waals surface area (Å²) in [6.45, 7) is 0. The first-order chi connectivity index (χ1) is 16.7. The molecule has 0 fully saturated rings. The van der Waals surface area contributed by atoms with E-state index in [1.165, 1.54) is 15.4 Å². The van der Waals surface area contributed by atoms with Gasteiger partial charge in [0.1, 0.15) is 11.2 Å². The zero-order valence-corrected chi connectivity index (χ0v) is 21.3. The summed E-state index contributed by atoms with van der Waals surface area (Å²) in [5.74, 6) is 0.421. The highest BCUT2D eigenvalue weighted by Gasteiger charge is 2.19. The lowest BCUT2D eigenvalue weighted by atomic mass is 10.2. The fraction of sp³-hybridized carbons (Fsp3) is 0.0417. The summed E-state index contributed by atoms with van der Waals surface area (Å²) in [5, 5.41) is 5.26. The van der Waals surface area contributed by atoms with Gasteiger partial charge in [0, 0.05) is 15.1 Å². The molecule has 0 unspecified atom stereocenters. The highest BCUT2D eigenvalue weighted by Crippen LogP contribution is 2.26. The van der Waals surface area contributed by atoms with Crippen molar-refractivity contribution >= 4 is 54.3 Å². The molecular weight excluding hydrogens is 554 g/mol. The molecule has 176 valence electrons. The molecule has 0 bridgehead atoms. The molecule has 5 aromatic rings. The van der Waals surface area contributed by atoms with E-state index >= 15 is 0 Å². The third kappa shape index (κ3) is 4.72. The molecule has 0 spiro atoms. The van der Waals surface area contributed by atoms with Crippen molar-refractivity contribution in [1.82, 2.24) is 19.3 Å². The van der Waals surface area contributed by atoms with Gasteiger partial charge in [-0.2, -0.15) is 5.10 Å². The summed E-state index contributed by atoms with van der Waals surface area (Å²) in [4.78, 5) is 18.6. The number of hydrogen-bond donors (Lipinski definition) is 1. The van der Waals surface area contributed by atoms with E-state index in [2.05, 4.69) is 25.8 Å². The lowest BCUT2D eigenvalue weighted by Gasteiger charge is -2.14. The lowest BCUT2D eigenvalue weighted by Crippen LogP contribution is -2.22. The number of anilines is 1. The van der Waals surface area contributed by atoms with Crippen molar-refractivity contribution < 1.29 is 8.42 Å². The van der Waals surface area contributed by atoms with E-state index in [1.54, 1.807) is 48.5 Å². The van der Waals surface area contributed by atoms with Crippen LogP contribution >= 0.6 is 27.5 Å². The minimum absolute atomic E-state index is 0.299. The van der Waals surface area contributed by atoms with Crippen LogP contribution in [0.15, 0.2) is 88.3 Å². The smallest absolute Gasteiger partial charge is 0.269 e. The van der Waals surface area contributed by atoms with Crippen LogP contribution in [0.2, 0.25) is 5.02 Å². The van der Waals surface area contributed by atoms with Gasteiger partial charge in [0.15, 0.2) is 5.65 Å². The Balaban J connectivity index is 1.77. The molecule has 0 saturated heterocycles. The zero-order chi connectivity index (χ0) is 24.7. The van der Waals surface area contributed by atoms with Crippen LogP contribution in [-0.2, 0) is 10.0 Å². The predicted octanol–water partition coefficient (Wildman–Crippen LogP) is 5.03. The normalized spacial score (nSPS) is 11.6. The number of halogens is 2. The molecule has 35 heavy (non-hydrogen) atoms. The molecule has 0 radical (unpaired) electrons. The quantitative estimate of drug-likeness (QED) is 0.320. The second kappa shape index (κ2) is 8.95. The fourth-order valence-electron chi connectivity index (χ4n) is 3.69. The minimum atomic E-state index is -3.46. The fourth-order valence-corrected chi connectivity index (χ4v) is 4.64. The van der Waals surface area contributed by atoms with Crippen LogP contribution in [0, 0.1) is 0 Å². The van der Waals surface area contributed by atoms with Crippen LogP contribution in [0.25, 0.3) is 33.8 Å². The molecule has 3 aromatic carbocycles. The average Bonchev–Trinajstić information content (AvgIpc) is 3.24. The van der Waals surface area contributed by atoms with Gasteiger partial charge in [-0.1, -0.05) is 45.7 Å². The summed E-state index contributed by atoms with van der Waals surface area (Å²) < 4.78 is 29.7. The number of benzene rings is 3. The SMILES string of the molecule is CS(=O)(=O)Nc1cccc(-n2ncc3c(=O)n(-c4ccc(Cl)cc4)c(-c4ccc(Br)cc4)nc32)c1. The number of rotatable bonds is 5. The van der Waals surface area contributed by atoms with Gasteiger partial charge in [0.05, 0.1) is 29.5 Å². The number of aromatic nitrogens is 4. The highest BCUT2D eigenvalue weighted by atomic mass is 79.9. The van der Waals surface area contributed by atoms with Crippen molar-refractivity contribution in [1.29, 1.82) is 0 Å². The van der Waals surface area contributed by atoms with Gasteiger partial charge < -0.3 is 0 Å². The maximum absolute atomic E-state index is 13.7. The molecule has 2 aromatic heterocycles. The van der Waals surface area contributed by atoms with Gasteiger partial charge in [-0.3, -0.25) is 14.1 Å². The average molecular weight is 571 g/mol. The first-order valence-electron chi connectivity index (χ1n) is 10.3. The second-order valence-electron chi connectivity index (χ2n) is 7.78. The Bertz CT molecular complexity index is 1730. The Labute approximate surface area is 214 Å². The van der Waals surface area contributed by atoms with Crippen LogP contribution in [0.1, 0.15) is 0 Å². The van der Waals surface area contributed by atoms with Crippen molar-refractivity contribution in [2.45, 2.75) is 0 Å². The molecule has 0 aliphatic rings. The maximum Gasteiger partial charge on any atom is 0.269 e. The maximum atomic E-state index is 13.7.